The molecule has 0 saturated heterocycles. The van der Waals surface area contributed by atoms with E-state index in [2.05, 4.69) is 4.37 Å². The van der Waals surface area contributed by atoms with Crippen molar-refractivity contribution in [3.63, 3.8) is 0 Å². The Balaban J connectivity index is 3.01. The first-order valence-electron chi connectivity index (χ1n) is 3.81. The van der Waals surface area contributed by atoms with Crippen LogP contribution in [0.1, 0.15) is 19.4 Å². The molecule has 0 amide bonds. The van der Waals surface area contributed by atoms with E-state index in [1.807, 2.05) is 6.07 Å². The standard InChI is InChI=1S/C8H6N2O2S3/c1-4(11)13-7-6(3-9)8(15-10-7)14-5(2)12/h1-2H3. The van der Waals surface area contributed by atoms with Crippen molar-refractivity contribution >= 4 is 45.3 Å². The van der Waals surface area contributed by atoms with Gasteiger partial charge in [-0.25, -0.2) is 0 Å². The molecule has 0 aliphatic heterocycles. The third kappa shape index (κ3) is 3.34. The van der Waals surface area contributed by atoms with Gasteiger partial charge >= 0.3 is 0 Å². The van der Waals surface area contributed by atoms with Crippen LogP contribution in [0.15, 0.2) is 9.24 Å². The molecule has 15 heavy (non-hydrogen) atoms. The Morgan fingerprint density at radius 2 is 1.93 bits per heavy atom. The first-order chi connectivity index (χ1) is 7.04. The summed E-state index contributed by atoms with van der Waals surface area (Å²) in [5, 5.41) is 9.04. The normalized spacial score (nSPS) is 9.67. The topological polar surface area (TPSA) is 70.8 Å². The Morgan fingerprint density at radius 1 is 1.33 bits per heavy atom. The van der Waals surface area contributed by atoms with Crippen molar-refractivity contribution in [1.82, 2.24) is 4.37 Å². The van der Waals surface area contributed by atoms with Crippen LogP contribution in [0.4, 0.5) is 0 Å². The molecule has 0 radical (unpaired) electrons. The number of carbonyl (C=O) groups is 2. The molecule has 78 valence electrons. The van der Waals surface area contributed by atoms with E-state index in [-0.39, 0.29) is 10.2 Å². The van der Waals surface area contributed by atoms with E-state index in [0.29, 0.717) is 14.8 Å². The van der Waals surface area contributed by atoms with Gasteiger partial charge in [-0.15, -0.1) is 0 Å². The van der Waals surface area contributed by atoms with E-state index >= 15 is 0 Å². The fourth-order valence-electron chi connectivity index (χ4n) is 0.761. The summed E-state index contributed by atoms with van der Waals surface area (Å²) in [5.74, 6) is 0. The molecule has 0 spiro atoms. The van der Waals surface area contributed by atoms with Crippen LogP contribution in [-0.2, 0) is 9.59 Å². The molecule has 4 nitrogen and oxygen atoms in total. The molecular formula is C8H6N2O2S3. The predicted octanol–water partition coefficient (Wildman–Crippen LogP) is 2.29. The lowest BCUT2D eigenvalue weighted by Gasteiger charge is -1.92. The molecule has 0 atom stereocenters. The van der Waals surface area contributed by atoms with Gasteiger partial charge in [0, 0.05) is 13.8 Å². The van der Waals surface area contributed by atoms with Gasteiger partial charge in [-0.3, -0.25) is 9.59 Å². The quantitative estimate of drug-likeness (QED) is 0.758. The Bertz CT molecular complexity index is 414. The smallest absolute Gasteiger partial charge is 0.192 e. The second kappa shape index (κ2) is 5.30. The Hall–Kier alpha value is -0.840. The van der Waals surface area contributed by atoms with Gasteiger partial charge in [-0.2, -0.15) is 9.64 Å². The molecule has 1 rings (SSSR count). The average Bonchev–Trinajstić information content (AvgIpc) is 2.45. The third-order valence-electron chi connectivity index (χ3n) is 1.22. The van der Waals surface area contributed by atoms with Crippen LogP contribution >= 0.6 is 35.1 Å². The van der Waals surface area contributed by atoms with E-state index in [0.717, 1.165) is 35.1 Å². The second-order valence-electron chi connectivity index (χ2n) is 2.45. The fraction of sp³-hybridized carbons (Fsp3) is 0.250. The molecule has 0 aliphatic carbocycles. The maximum atomic E-state index is 10.9. The number of aromatic nitrogens is 1. The molecule has 0 fully saturated rings. The van der Waals surface area contributed by atoms with Crippen LogP contribution < -0.4 is 0 Å². The summed E-state index contributed by atoms with van der Waals surface area (Å²) >= 11 is 2.95. The van der Waals surface area contributed by atoms with Crippen LogP contribution in [0, 0.1) is 11.3 Å². The molecule has 0 saturated carbocycles. The number of hydrogen-bond acceptors (Lipinski definition) is 7. The van der Waals surface area contributed by atoms with Gasteiger partial charge < -0.3 is 0 Å². The first-order valence-corrected chi connectivity index (χ1v) is 6.22. The Kier molecular flexibility index (Phi) is 4.32. The van der Waals surface area contributed by atoms with Gasteiger partial charge in [0.1, 0.15) is 20.9 Å². The number of hydrogen-bond donors (Lipinski definition) is 0. The largest absolute Gasteiger partial charge is 0.287 e. The van der Waals surface area contributed by atoms with Crippen LogP contribution in [0.5, 0.6) is 0 Å². The van der Waals surface area contributed by atoms with Crippen molar-refractivity contribution in [1.29, 1.82) is 5.26 Å². The van der Waals surface area contributed by atoms with Gasteiger partial charge in [-0.1, -0.05) is 0 Å². The molecule has 0 N–H and O–H groups in total. The summed E-state index contributed by atoms with van der Waals surface area (Å²) in [6.45, 7) is 2.83. The molecule has 1 aromatic rings. The third-order valence-corrected chi connectivity index (χ3v) is 3.90. The lowest BCUT2D eigenvalue weighted by molar-refractivity contribution is -0.109. The summed E-state index contributed by atoms with van der Waals surface area (Å²) in [5.41, 5.74) is 0.320. The van der Waals surface area contributed by atoms with Crippen molar-refractivity contribution in [2.24, 2.45) is 0 Å². The van der Waals surface area contributed by atoms with Gasteiger partial charge in [-0.05, 0) is 35.1 Å². The van der Waals surface area contributed by atoms with Crippen molar-refractivity contribution < 1.29 is 9.59 Å². The monoisotopic (exact) mass is 258 g/mol. The molecule has 0 aliphatic rings. The van der Waals surface area contributed by atoms with Crippen molar-refractivity contribution in [2.45, 2.75) is 23.1 Å². The van der Waals surface area contributed by atoms with E-state index in [4.69, 9.17) is 5.26 Å². The summed E-state index contributed by atoms with van der Waals surface area (Å²) in [4.78, 5) is 21.7. The summed E-state index contributed by atoms with van der Waals surface area (Å²) in [6, 6.07) is 1.96. The first kappa shape index (κ1) is 12.2. The predicted molar refractivity (Wildman–Crippen MR) is 59.9 cm³/mol. The highest BCUT2D eigenvalue weighted by Crippen LogP contribution is 2.34. The van der Waals surface area contributed by atoms with Crippen molar-refractivity contribution in [3.05, 3.63) is 5.56 Å². The fourth-order valence-corrected chi connectivity index (χ4v) is 3.28. The van der Waals surface area contributed by atoms with Crippen molar-refractivity contribution in [2.75, 3.05) is 0 Å². The highest BCUT2D eigenvalue weighted by atomic mass is 32.2. The van der Waals surface area contributed by atoms with Crippen LogP contribution in [0.2, 0.25) is 0 Å². The van der Waals surface area contributed by atoms with Gasteiger partial charge in [0.05, 0.1) is 0 Å². The van der Waals surface area contributed by atoms with Crippen LogP contribution in [-0.4, -0.2) is 14.6 Å². The van der Waals surface area contributed by atoms with Crippen LogP contribution in [0.3, 0.4) is 0 Å². The number of nitriles is 1. The lowest BCUT2D eigenvalue weighted by atomic mass is 10.4. The summed E-state index contributed by atoms with van der Waals surface area (Å²) in [6.07, 6.45) is 0. The molecular weight excluding hydrogens is 252 g/mol. The minimum absolute atomic E-state index is 0.102. The summed E-state index contributed by atoms with van der Waals surface area (Å²) < 4.78 is 4.52. The SMILES string of the molecule is CC(=O)Sc1nsc(SC(C)=O)c1C#N. The molecule has 1 heterocycles. The zero-order valence-electron chi connectivity index (χ0n) is 7.94. The van der Waals surface area contributed by atoms with Gasteiger partial charge in [0.25, 0.3) is 0 Å². The molecule has 0 unspecified atom stereocenters. The highest BCUT2D eigenvalue weighted by Gasteiger charge is 2.17. The van der Waals surface area contributed by atoms with Gasteiger partial charge in [0.2, 0.25) is 0 Å². The molecule has 0 aromatic carbocycles. The minimum atomic E-state index is -0.129. The second-order valence-corrected chi connectivity index (χ2v) is 5.83. The average molecular weight is 258 g/mol. The maximum Gasteiger partial charge on any atom is 0.192 e. The van der Waals surface area contributed by atoms with Crippen molar-refractivity contribution in [3.8, 4) is 6.07 Å². The number of carbonyl (C=O) groups excluding carboxylic acids is 2. The zero-order valence-corrected chi connectivity index (χ0v) is 10.4. The zero-order chi connectivity index (χ0) is 11.4. The van der Waals surface area contributed by atoms with Gasteiger partial charge in [0.15, 0.2) is 10.2 Å². The van der Waals surface area contributed by atoms with E-state index < -0.39 is 0 Å². The Labute approximate surface area is 99.2 Å². The number of thioether (sulfide) groups is 2. The van der Waals surface area contributed by atoms with E-state index in [1.54, 1.807) is 0 Å². The number of rotatable bonds is 2. The maximum absolute atomic E-state index is 10.9. The van der Waals surface area contributed by atoms with Crippen LogP contribution in [0.25, 0.3) is 0 Å². The molecule has 1 aromatic heterocycles. The molecule has 7 heteroatoms. The Morgan fingerprint density at radius 3 is 2.40 bits per heavy atom. The molecule has 0 bridgehead atoms. The van der Waals surface area contributed by atoms with E-state index in [1.165, 1.54) is 13.8 Å². The summed E-state index contributed by atoms with van der Waals surface area (Å²) in [7, 11) is 0. The lowest BCUT2D eigenvalue weighted by Crippen LogP contribution is -1.85. The van der Waals surface area contributed by atoms with E-state index in [9.17, 15) is 9.59 Å². The number of nitrogens with zero attached hydrogens (tertiary/aromatic N) is 2. The minimum Gasteiger partial charge on any atom is -0.287 e. The highest BCUT2D eigenvalue weighted by molar-refractivity contribution is 8.15.